The van der Waals surface area contributed by atoms with E-state index < -0.39 is 0 Å². The third-order valence-corrected chi connectivity index (χ3v) is 6.51. The highest BCUT2D eigenvalue weighted by Gasteiger charge is 2.20. The van der Waals surface area contributed by atoms with E-state index in [4.69, 9.17) is 0 Å². The first-order chi connectivity index (χ1) is 16.0. The number of benzene rings is 2. The summed E-state index contributed by atoms with van der Waals surface area (Å²) in [6.45, 7) is 5.77. The Morgan fingerprint density at radius 1 is 0.939 bits per heavy atom. The van der Waals surface area contributed by atoms with Gasteiger partial charge in [0, 0.05) is 56.3 Å². The van der Waals surface area contributed by atoms with Crippen LogP contribution in [0.3, 0.4) is 0 Å². The van der Waals surface area contributed by atoms with Crippen LogP contribution in [0, 0.1) is 0 Å². The molecule has 3 N–H and O–H groups in total. The summed E-state index contributed by atoms with van der Waals surface area (Å²) in [6.07, 6.45) is 1.47. The maximum Gasteiger partial charge on any atom is 0.260 e. The SMILES string of the molecule is CN1CCN(CC(=O)N(O)Cc2ccc(Nc3ccc(N4CCC(O)CC4)cc3)cc2)CC1. The van der Waals surface area contributed by atoms with Crippen molar-refractivity contribution in [3.05, 3.63) is 54.1 Å². The Balaban J connectivity index is 1.25. The molecule has 2 aromatic carbocycles. The van der Waals surface area contributed by atoms with Crippen molar-refractivity contribution >= 4 is 23.0 Å². The van der Waals surface area contributed by atoms with E-state index in [2.05, 4.69) is 51.3 Å². The van der Waals surface area contributed by atoms with Crippen molar-refractivity contribution in [2.75, 3.05) is 63.1 Å². The molecule has 1 amide bonds. The van der Waals surface area contributed by atoms with Crippen LogP contribution in [0.2, 0.25) is 0 Å². The highest BCUT2D eigenvalue weighted by Crippen LogP contribution is 2.24. The van der Waals surface area contributed by atoms with Gasteiger partial charge in [-0.05, 0) is 61.9 Å². The zero-order valence-electron chi connectivity index (χ0n) is 19.4. The predicted molar refractivity (Wildman–Crippen MR) is 130 cm³/mol. The third-order valence-electron chi connectivity index (χ3n) is 6.51. The standard InChI is InChI=1S/C25H35N5O3/c1-27-14-16-28(17-15-27)19-25(32)30(33)18-20-2-4-21(5-3-20)26-22-6-8-23(9-7-22)29-12-10-24(31)11-13-29/h2-9,24,26,31,33H,10-19H2,1H3. The number of hydrogen-bond donors (Lipinski definition) is 3. The minimum absolute atomic E-state index is 0.168. The molecular weight excluding hydrogens is 418 g/mol. The molecule has 2 aliphatic heterocycles. The van der Waals surface area contributed by atoms with Gasteiger partial charge in [0.1, 0.15) is 0 Å². The molecule has 2 heterocycles. The second kappa shape index (κ2) is 11.0. The number of likely N-dealkylation sites (N-methyl/N-ethyl adjacent to an activating group) is 1. The number of carbonyl (C=O) groups excluding carboxylic acids is 1. The van der Waals surface area contributed by atoms with E-state index in [1.165, 1.54) is 5.69 Å². The van der Waals surface area contributed by atoms with Gasteiger partial charge in [0.25, 0.3) is 5.91 Å². The first-order valence-corrected chi connectivity index (χ1v) is 11.8. The number of anilines is 3. The molecule has 33 heavy (non-hydrogen) atoms. The lowest BCUT2D eigenvalue weighted by Gasteiger charge is -2.32. The lowest BCUT2D eigenvalue weighted by molar-refractivity contribution is -0.169. The van der Waals surface area contributed by atoms with E-state index in [0.29, 0.717) is 0 Å². The van der Waals surface area contributed by atoms with Crippen LogP contribution in [0.5, 0.6) is 0 Å². The molecule has 2 aromatic rings. The Kier molecular flexibility index (Phi) is 7.82. The van der Waals surface area contributed by atoms with Gasteiger partial charge in [-0.3, -0.25) is 14.9 Å². The number of rotatable bonds is 7. The summed E-state index contributed by atoms with van der Waals surface area (Å²) in [6, 6.07) is 16.1. The first kappa shape index (κ1) is 23.5. The van der Waals surface area contributed by atoms with E-state index in [-0.39, 0.29) is 25.1 Å². The summed E-state index contributed by atoms with van der Waals surface area (Å²) in [4.78, 5) is 19.0. The summed E-state index contributed by atoms with van der Waals surface area (Å²) in [5.41, 5.74) is 3.99. The first-order valence-electron chi connectivity index (χ1n) is 11.8. The fourth-order valence-electron chi connectivity index (χ4n) is 4.28. The highest BCUT2D eigenvalue weighted by molar-refractivity contribution is 5.77. The highest BCUT2D eigenvalue weighted by atomic mass is 16.5. The predicted octanol–water partition coefficient (Wildman–Crippen LogP) is 2.36. The minimum Gasteiger partial charge on any atom is -0.393 e. The van der Waals surface area contributed by atoms with Crippen LogP contribution in [-0.4, -0.2) is 90.0 Å². The molecule has 0 atom stereocenters. The number of nitrogens with zero attached hydrogens (tertiary/aromatic N) is 4. The van der Waals surface area contributed by atoms with Gasteiger partial charge in [-0.15, -0.1) is 0 Å². The van der Waals surface area contributed by atoms with E-state index in [9.17, 15) is 15.1 Å². The van der Waals surface area contributed by atoms with Gasteiger partial charge in [-0.25, -0.2) is 5.06 Å². The fourth-order valence-corrected chi connectivity index (χ4v) is 4.28. The van der Waals surface area contributed by atoms with Crippen LogP contribution in [0.4, 0.5) is 17.1 Å². The Morgan fingerprint density at radius 3 is 2.12 bits per heavy atom. The van der Waals surface area contributed by atoms with Crippen LogP contribution in [0.15, 0.2) is 48.5 Å². The number of hydrogen-bond acceptors (Lipinski definition) is 7. The van der Waals surface area contributed by atoms with Gasteiger partial charge in [0.2, 0.25) is 0 Å². The number of carbonyl (C=O) groups is 1. The van der Waals surface area contributed by atoms with Gasteiger partial charge < -0.3 is 20.2 Å². The quantitative estimate of drug-likeness (QED) is 0.439. The maximum absolute atomic E-state index is 12.4. The van der Waals surface area contributed by atoms with Crippen molar-refractivity contribution in [2.24, 2.45) is 0 Å². The van der Waals surface area contributed by atoms with Crippen LogP contribution >= 0.6 is 0 Å². The molecule has 2 aliphatic rings. The third kappa shape index (κ3) is 6.68. The molecule has 0 saturated carbocycles. The molecule has 2 fully saturated rings. The maximum atomic E-state index is 12.4. The number of piperidine rings is 1. The Morgan fingerprint density at radius 2 is 1.52 bits per heavy atom. The molecule has 4 rings (SSSR count). The van der Waals surface area contributed by atoms with E-state index in [1.807, 2.05) is 24.3 Å². The summed E-state index contributed by atoms with van der Waals surface area (Å²) in [5, 5.41) is 24.1. The van der Waals surface area contributed by atoms with Crippen molar-refractivity contribution in [3.63, 3.8) is 0 Å². The van der Waals surface area contributed by atoms with Gasteiger partial charge >= 0.3 is 0 Å². The van der Waals surface area contributed by atoms with E-state index in [1.54, 1.807) is 0 Å². The number of aliphatic hydroxyl groups is 1. The molecule has 8 heteroatoms. The van der Waals surface area contributed by atoms with Gasteiger partial charge in [0.05, 0.1) is 19.2 Å². The molecule has 178 valence electrons. The van der Waals surface area contributed by atoms with Crippen LogP contribution in [-0.2, 0) is 11.3 Å². The van der Waals surface area contributed by atoms with Gasteiger partial charge in [-0.2, -0.15) is 0 Å². The summed E-state index contributed by atoms with van der Waals surface area (Å²) in [7, 11) is 2.08. The number of aliphatic hydroxyl groups excluding tert-OH is 1. The molecule has 0 bridgehead atoms. The van der Waals surface area contributed by atoms with Crippen LogP contribution < -0.4 is 10.2 Å². The molecule has 2 saturated heterocycles. The summed E-state index contributed by atoms with van der Waals surface area (Å²) in [5.74, 6) is -0.273. The molecule has 0 aliphatic carbocycles. The molecule has 0 aromatic heterocycles. The van der Waals surface area contributed by atoms with Crippen molar-refractivity contribution < 1.29 is 15.1 Å². The van der Waals surface area contributed by atoms with Crippen LogP contribution in [0.25, 0.3) is 0 Å². The molecule has 8 nitrogen and oxygen atoms in total. The molecule has 0 spiro atoms. The van der Waals surface area contributed by atoms with Gasteiger partial charge in [0.15, 0.2) is 0 Å². The van der Waals surface area contributed by atoms with E-state index >= 15 is 0 Å². The zero-order valence-corrected chi connectivity index (χ0v) is 19.4. The summed E-state index contributed by atoms with van der Waals surface area (Å²) < 4.78 is 0. The second-order valence-electron chi connectivity index (χ2n) is 9.12. The monoisotopic (exact) mass is 453 g/mol. The Bertz CT molecular complexity index is 889. The number of hydroxylamine groups is 2. The average molecular weight is 454 g/mol. The zero-order chi connectivity index (χ0) is 23.2. The smallest absolute Gasteiger partial charge is 0.260 e. The molecule has 0 radical (unpaired) electrons. The number of nitrogens with one attached hydrogen (secondary N) is 1. The van der Waals surface area contributed by atoms with Crippen LogP contribution in [0.1, 0.15) is 18.4 Å². The van der Waals surface area contributed by atoms with Crippen molar-refractivity contribution in [1.82, 2.24) is 14.9 Å². The topological polar surface area (TPSA) is 82.5 Å². The normalized spacial score (nSPS) is 18.3. The minimum atomic E-state index is -0.273. The van der Waals surface area contributed by atoms with Gasteiger partial charge in [-0.1, -0.05) is 12.1 Å². The van der Waals surface area contributed by atoms with Crippen molar-refractivity contribution in [1.29, 1.82) is 0 Å². The largest absolute Gasteiger partial charge is 0.393 e. The summed E-state index contributed by atoms with van der Waals surface area (Å²) >= 11 is 0. The van der Waals surface area contributed by atoms with Crippen molar-refractivity contribution in [3.8, 4) is 0 Å². The van der Waals surface area contributed by atoms with Crippen molar-refractivity contribution in [2.45, 2.75) is 25.5 Å². The van der Waals surface area contributed by atoms with E-state index in [0.717, 1.165) is 74.1 Å². The average Bonchev–Trinajstić information content (AvgIpc) is 2.83. The molecule has 0 unspecified atom stereocenters. The lowest BCUT2D eigenvalue weighted by Crippen LogP contribution is -2.48. The second-order valence-corrected chi connectivity index (χ2v) is 9.12. The fraction of sp³-hybridized carbons (Fsp3) is 0.480. The number of amides is 1. The Labute approximate surface area is 196 Å². The lowest BCUT2D eigenvalue weighted by atomic mass is 10.1. The number of piperazine rings is 1. The Hall–Kier alpha value is -2.65. The molecular formula is C25H35N5O3.